The number of pyridine rings is 1. The summed E-state index contributed by atoms with van der Waals surface area (Å²) in [6.45, 7) is 0.801. The monoisotopic (exact) mass is 230 g/mol. The van der Waals surface area contributed by atoms with E-state index in [9.17, 15) is 0 Å². The highest BCUT2D eigenvalue weighted by Gasteiger charge is 2.26. The lowest BCUT2D eigenvalue weighted by Crippen LogP contribution is -2.41. The first-order valence-electron chi connectivity index (χ1n) is 4.71. The Balaban J connectivity index is 1.83. The molecule has 0 atom stereocenters. The summed E-state index contributed by atoms with van der Waals surface area (Å²) in [6, 6.07) is 2.49. The molecule has 1 saturated carbocycles. The van der Waals surface area contributed by atoms with Crippen LogP contribution in [-0.2, 0) is 6.54 Å². The minimum atomic E-state index is 0.361. The normalized spacial score (nSPS) is 25.9. The van der Waals surface area contributed by atoms with Gasteiger partial charge in [0.15, 0.2) is 0 Å². The van der Waals surface area contributed by atoms with Crippen LogP contribution in [0.25, 0.3) is 0 Å². The molecule has 0 aromatic carbocycles. The van der Waals surface area contributed by atoms with E-state index >= 15 is 0 Å². The molecule has 0 spiro atoms. The lowest BCUT2D eigenvalue weighted by Gasteiger charge is -2.31. The number of rotatable bonds is 3. The second kappa shape index (κ2) is 4.47. The molecule has 2 nitrogen and oxygen atoms in total. The minimum Gasteiger partial charge on any atom is -0.310 e. The van der Waals surface area contributed by atoms with Gasteiger partial charge in [-0.2, -0.15) is 0 Å². The molecule has 76 valence electrons. The Kier molecular flexibility index (Phi) is 3.26. The van der Waals surface area contributed by atoms with Crippen molar-refractivity contribution in [2.75, 3.05) is 0 Å². The number of nitrogens with zero attached hydrogens (tertiary/aromatic N) is 1. The molecule has 1 aromatic heterocycles. The fourth-order valence-electron chi connectivity index (χ4n) is 1.52. The number of halogens is 2. The van der Waals surface area contributed by atoms with Crippen LogP contribution in [0.4, 0.5) is 0 Å². The summed E-state index contributed by atoms with van der Waals surface area (Å²) in [6.07, 6.45) is 5.55. The lowest BCUT2D eigenvalue weighted by molar-refractivity contribution is 0.345. The lowest BCUT2D eigenvalue weighted by atomic mass is 9.92. The van der Waals surface area contributed by atoms with Crippen molar-refractivity contribution in [1.29, 1.82) is 0 Å². The number of alkyl halides is 1. The average molecular weight is 231 g/mol. The van der Waals surface area contributed by atoms with Crippen LogP contribution in [0.1, 0.15) is 18.4 Å². The third-order valence-corrected chi connectivity index (χ3v) is 3.21. The van der Waals surface area contributed by atoms with E-state index in [-0.39, 0.29) is 0 Å². The molecule has 1 fully saturated rings. The highest BCUT2D eigenvalue weighted by Crippen LogP contribution is 2.25. The van der Waals surface area contributed by atoms with Crippen LogP contribution in [0.15, 0.2) is 18.5 Å². The van der Waals surface area contributed by atoms with Gasteiger partial charge in [0, 0.05) is 30.4 Å². The standard InChI is InChI=1S/C10H12Cl2N2/c11-8-3-9(4-8)14-5-7-1-2-13-6-10(7)12/h1-2,6,8-9,14H,3-5H2. The van der Waals surface area contributed by atoms with E-state index in [1.807, 2.05) is 6.07 Å². The van der Waals surface area contributed by atoms with Crippen molar-refractivity contribution in [3.63, 3.8) is 0 Å². The van der Waals surface area contributed by atoms with Crippen molar-refractivity contribution in [2.24, 2.45) is 0 Å². The Hall–Kier alpha value is -0.310. The van der Waals surface area contributed by atoms with Crippen molar-refractivity contribution in [3.8, 4) is 0 Å². The smallest absolute Gasteiger partial charge is 0.0634 e. The summed E-state index contributed by atoms with van der Waals surface area (Å²) in [5.41, 5.74) is 1.10. The number of hydrogen-bond donors (Lipinski definition) is 1. The van der Waals surface area contributed by atoms with Crippen LogP contribution in [0.3, 0.4) is 0 Å². The van der Waals surface area contributed by atoms with Gasteiger partial charge in [-0.15, -0.1) is 11.6 Å². The van der Waals surface area contributed by atoms with E-state index in [0.29, 0.717) is 11.4 Å². The second-order valence-electron chi connectivity index (χ2n) is 3.61. The quantitative estimate of drug-likeness (QED) is 0.808. The molecule has 1 N–H and O–H groups in total. The van der Waals surface area contributed by atoms with Gasteiger partial charge in [-0.3, -0.25) is 4.98 Å². The second-order valence-corrected chi connectivity index (χ2v) is 4.64. The molecule has 1 heterocycles. The first kappa shape index (κ1) is 10.2. The van der Waals surface area contributed by atoms with Gasteiger partial charge >= 0.3 is 0 Å². The van der Waals surface area contributed by atoms with Gasteiger partial charge in [-0.25, -0.2) is 0 Å². The van der Waals surface area contributed by atoms with Crippen molar-refractivity contribution >= 4 is 23.2 Å². The molecule has 1 aliphatic rings. The fourth-order valence-corrected chi connectivity index (χ4v) is 2.13. The third kappa shape index (κ3) is 2.38. The van der Waals surface area contributed by atoms with E-state index in [2.05, 4.69) is 10.3 Å². The third-order valence-electron chi connectivity index (χ3n) is 2.52. The first-order chi connectivity index (χ1) is 6.75. The van der Waals surface area contributed by atoms with E-state index in [1.165, 1.54) is 0 Å². The molecular formula is C10H12Cl2N2. The molecule has 0 amide bonds. The highest BCUT2D eigenvalue weighted by atomic mass is 35.5. The molecule has 1 aromatic rings. The Morgan fingerprint density at radius 1 is 1.50 bits per heavy atom. The van der Waals surface area contributed by atoms with Gasteiger partial charge in [0.2, 0.25) is 0 Å². The average Bonchev–Trinajstić information content (AvgIpc) is 2.13. The van der Waals surface area contributed by atoms with E-state index in [4.69, 9.17) is 23.2 Å². The topological polar surface area (TPSA) is 24.9 Å². The van der Waals surface area contributed by atoms with Crippen LogP contribution in [-0.4, -0.2) is 16.4 Å². The summed E-state index contributed by atoms with van der Waals surface area (Å²) in [5.74, 6) is 0. The summed E-state index contributed by atoms with van der Waals surface area (Å²) in [7, 11) is 0. The minimum absolute atomic E-state index is 0.361. The summed E-state index contributed by atoms with van der Waals surface area (Å²) in [5, 5.41) is 4.50. The predicted molar refractivity (Wildman–Crippen MR) is 58.7 cm³/mol. The summed E-state index contributed by atoms with van der Waals surface area (Å²) >= 11 is 11.8. The summed E-state index contributed by atoms with van der Waals surface area (Å²) < 4.78 is 0. The van der Waals surface area contributed by atoms with Crippen LogP contribution in [0.2, 0.25) is 5.02 Å². The van der Waals surface area contributed by atoms with E-state index in [1.54, 1.807) is 12.4 Å². The van der Waals surface area contributed by atoms with Crippen LogP contribution in [0.5, 0.6) is 0 Å². The number of aromatic nitrogens is 1. The maximum atomic E-state index is 5.97. The van der Waals surface area contributed by atoms with Crippen molar-refractivity contribution in [1.82, 2.24) is 10.3 Å². The Labute approximate surface area is 93.6 Å². The Morgan fingerprint density at radius 2 is 2.29 bits per heavy atom. The van der Waals surface area contributed by atoms with E-state index in [0.717, 1.165) is 30.0 Å². The fraction of sp³-hybridized carbons (Fsp3) is 0.500. The van der Waals surface area contributed by atoms with Crippen LogP contribution < -0.4 is 5.32 Å². The van der Waals surface area contributed by atoms with Gasteiger partial charge in [0.05, 0.1) is 5.02 Å². The van der Waals surface area contributed by atoms with Gasteiger partial charge in [-0.1, -0.05) is 11.6 Å². The zero-order chi connectivity index (χ0) is 9.97. The molecule has 14 heavy (non-hydrogen) atoms. The first-order valence-corrected chi connectivity index (χ1v) is 5.53. The highest BCUT2D eigenvalue weighted by molar-refractivity contribution is 6.31. The molecule has 0 saturated heterocycles. The van der Waals surface area contributed by atoms with Crippen molar-refractivity contribution < 1.29 is 0 Å². The van der Waals surface area contributed by atoms with Crippen LogP contribution in [0, 0.1) is 0 Å². The van der Waals surface area contributed by atoms with E-state index < -0.39 is 0 Å². The molecule has 0 unspecified atom stereocenters. The molecule has 0 aliphatic heterocycles. The predicted octanol–water partition coefficient (Wildman–Crippen LogP) is 2.59. The maximum Gasteiger partial charge on any atom is 0.0634 e. The van der Waals surface area contributed by atoms with Crippen molar-refractivity contribution in [3.05, 3.63) is 29.0 Å². The van der Waals surface area contributed by atoms with Gasteiger partial charge in [0.25, 0.3) is 0 Å². The Morgan fingerprint density at radius 3 is 2.93 bits per heavy atom. The van der Waals surface area contributed by atoms with Gasteiger partial charge in [-0.05, 0) is 24.5 Å². The molecule has 0 radical (unpaired) electrons. The van der Waals surface area contributed by atoms with Crippen LogP contribution >= 0.6 is 23.2 Å². The largest absolute Gasteiger partial charge is 0.310 e. The van der Waals surface area contributed by atoms with Gasteiger partial charge < -0.3 is 5.32 Å². The van der Waals surface area contributed by atoms with Gasteiger partial charge in [0.1, 0.15) is 0 Å². The molecule has 1 aliphatic carbocycles. The molecule has 2 rings (SSSR count). The zero-order valence-electron chi connectivity index (χ0n) is 7.71. The SMILES string of the molecule is Clc1cnccc1CNC1CC(Cl)C1. The summed E-state index contributed by atoms with van der Waals surface area (Å²) in [4.78, 5) is 3.94. The maximum absolute atomic E-state index is 5.97. The van der Waals surface area contributed by atoms with Crippen molar-refractivity contribution in [2.45, 2.75) is 30.8 Å². The molecule has 0 bridgehead atoms. The molecular weight excluding hydrogens is 219 g/mol. The number of hydrogen-bond acceptors (Lipinski definition) is 2. The Bertz CT molecular complexity index is 311. The molecule has 4 heteroatoms. The number of nitrogens with one attached hydrogen (secondary N) is 1. The zero-order valence-corrected chi connectivity index (χ0v) is 9.22.